The van der Waals surface area contributed by atoms with E-state index in [1.54, 1.807) is 0 Å². The fraction of sp³-hybridized carbons (Fsp3) is 0.700. The van der Waals surface area contributed by atoms with Gasteiger partial charge in [-0.1, -0.05) is 0 Å². The zero-order chi connectivity index (χ0) is 9.80. The van der Waals surface area contributed by atoms with Gasteiger partial charge >= 0.3 is 0 Å². The highest BCUT2D eigenvalue weighted by molar-refractivity contribution is 4.77. The van der Waals surface area contributed by atoms with E-state index in [0.717, 1.165) is 26.2 Å². The molecule has 1 aliphatic heterocycles. The van der Waals surface area contributed by atoms with Gasteiger partial charge in [0.05, 0.1) is 6.33 Å². The van der Waals surface area contributed by atoms with E-state index in [2.05, 4.69) is 26.7 Å². The number of aromatic nitrogens is 2. The van der Waals surface area contributed by atoms with Gasteiger partial charge in [0.1, 0.15) is 0 Å². The summed E-state index contributed by atoms with van der Waals surface area (Å²) < 4.78 is 2.13. The lowest BCUT2D eigenvalue weighted by Crippen LogP contribution is -2.49. The summed E-state index contributed by atoms with van der Waals surface area (Å²) in [6.45, 7) is 7.86. The maximum atomic E-state index is 4.03. The average molecular weight is 194 g/mol. The molecule has 0 radical (unpaired) electrons. The molecule has 0 aromatic carbocycles. The minimum Gasteiger partial charge on any atom is -0.336 e. The molecule has 0 unspecified atom stereocenters. The van der Waals surface area contributed by atoms with Crippen LogP contribution >= 0.6 is 0 Å². The first-order valence-electron chi connectivity index (χ1n) is 5.26. The third kappa shape index (κ3) is 2.56. The van der Waals surface area contributed by atoms with Crippen molar-refractivity contribution in [2.45, 2.75) is 19.5 Å². The van der Waals surface area contributed by atoms with E-state index in [9.17, 15) is 0 Å². The number of hydrogen-bond donors (Lipinski definition) is 1. The maximum Gasteiger partial charge on any atom is 0.0946 e. The Balaban J connectivity index is 1.75. The van der Waals surface area contributed by atoms with E-state index in [4.69, 9.17) is 0 Å². The summed E-state index contributed by atoms with van der Waals surface area (Å²) in [5.74, 6) is 0. The molecule has 1 fully saturated rings. The Bertz CT molecular complexity index is 257. The van der Waals surface area contributed by atoms with Gasteiger partial charge in [0.2, 0.25) is 0 Å². The van der Waals surface area contributed by atoms with Gasteiger partial charge in [-0.05, 0) is 6.92 Å². The molecule has 78 valence electrons. The molecule has 1 aromatic rings. The molecule has 0 bridgehead atoms. The van der Waals surface area contributed by atoms with E-state index in [1.165, 1.54) is 6.54 Å². The van der Waals surface area contributed by atoms with E-state index in [0.29, 0.717) is 6.04 Å². The van der Waals surface area contributed by atoms with Crippen molar-refractivity contribution in [3.8, 4) is 0 Å². The van der Waals surface area contributed by atoms with Crippen LogP contribution in [0, 0.1) is 0 Å². The van der Waals surface area contributed by atoms with Crippen LogP contribution in [0.4, 0.5) is 0 Å². The van der Waals surface area contributed by atoms with Gasteiger partial charge in [0.25, 0.3) is 0 Å². The van der Waals surface area contributed by atoms with Gasteiger partial charge in [-0.15, -0.1) is 0 Å². The number of imidazole rings is 1. The van der Waals surface area contributed by atoms with Crippen molar-refractivity contribution in [3.05, 3.63) is 18.7 Å². The molecule has 0 amide bonds. The van der Waals surface area contributed by atoms with Crippen LogP contribution in [0.15, 0.2) is 18.7 Å². The fourth-order valence-electron chi connectivity index (χ4n) is 1.89. The zero-order valence-electron chi connectivity index (χ0n) is 8.69. The van der Waals surface area contributed by atoms with Gasteiger partial charge < -0.3 is 9.88 Å². The van der Waals surface area contributed by atoms with Crippen molar-refractivity contribution in [1.29, 1.82) is 0 Å². The van der Waals surface area contributed by atoms with Crippen LogP contribution in [0.3, 0.4) is 0 Å². The first kappa shape index (κ1) is 9.68. The van der Waals surface area contributed by atoms with Crippen LogP contribution in [0.25, 0.3) is 0 Å². The van der Waals surface area contributed by atoms with Crippen molar-refractivity contribution < 1.29 is 0 Å². The molecule has 1 saturated heterocycles. The van der Waals surface area contributed by atoms with Crippen LogP contribution < -0.4 is 5.32 Å². The Morgan fingerprint density at radius 3 is 3.14 bits per heavy atom. The van der Waals surface area contributed by atoms with Crippen molar-refractivity contribution in [2.75, 3.05) is 26.2 Å². The summed E-state index contributed by atoms with van der Waals surface area (Å²) in [6.07, 6.45) is 5.73. The Morgan fingerprint density at radius 1 is 1.50 bits per heavy atom. The van der Waals surface area contributed by atoms with Gasteiger partial charge in [0, 0.05) is 51.2 Å². The predicted molar refractivity (Wildman–Crippen MR) is 56.1 cm³/mol. The maximum absolute atomic E-state index is 4.03. The molecule has 1 aliphatic rings. The minimum absolute atomic E-state index is 0.631. The molecule has 1 aromatic heterocycles. The quantitative estimate of drug-likeness (QED) is 0.745. The van der Waals surface area contributed by atoms with E-state index >= 15 is 0 Å². The second-order valence-corrected chi connectivity index (χ2v) is 3.96. The number of hydrogen-bond acceptors (Lipinski definition) is 3. The molecule has 2 heterocycles. The molecular formula is C10H18N4. The average Bonchev–Trinajstić information content (AvgIpc) is 2.67. The molecule has 1 atom stereocenters. The van der Waals surface area contributed by atoms with Gasteiger partial charge in [-0.25, -0.2) is 4.98 Å². The first-order valence-corrected chi connectivity index (χ1v) is 5.26. The zero-order valence-corrected chi connectivity index (χ0v) is 8.69. The van der Waals surface area contributed by atoms with Crippen molar-refractivity contribution >= 4 is 0 Å². The third-order valence-corrected chi connectivity index (χ3v) is 2.69. The lowest BCUT2D eigenvalue weighted by molar-refractivity contribution is 0.200. The molecule has 2 rings (SSSR count). The summed E-state index contributed by atoms with van der Waals surface area (Å²) in [6, 6.07) is 0.631. The summed E-state index contributed by atoms with van der Waals surface area (Å²) in [4.78, 5) is 6.53. The van der Waals surface area contributed by atoms with Crippen LogP contribution in [0.5, 0.6) is 0 Å². The lowest BCUT2D eigenvalue weighted by atomic mass is 10.2. The van der Waals surface area contributed by atoms with E-state index in [1.807, 2.05) is 18.7 Å². The molecular weight excluding hydrogens is 176 g/mol. The summed E-state index contributed by atoms with van der Waals surface area (Å²) in [5, 5.41) is 3.44. The minimum atomic E-state index is 0.631. The molecule has 4 nitrogen and oxygen atoms in total. The third-order valence-electron chi connectivity index (χ3n) is 2.69. The van der Waals surface area contributed by atoms with E-state index in [-0.39, 0.29) is 0 Å². The van der Waals surface area contributed by atoms with Crippen molar-refractivity contribution in [1.82, 2.24) is 19.8 Å². The second kappa shape index (κ2) is 4.57. The molecule has 14 heavy (non-hydrogen) atoms. The number of nitrogens with zero attached hydrogens (tertiary/aromatic N) is 3. The summed E-state index contributed by atoms with van der Waals surface area (Å²) in [5.41, 5.74) is 0. The summed E-state index contributed by atoms with van der Waals surface area (Å²) in [7, 11) is 0. The molecule has 1 N–H and O–H groups in total. The Morgan fingerprint density at radius 2 is 2.43 bits per heavy atom. The van der Waals surface area contributed by atoms with E-state index < -0.39 is 0 Å². The van der Waals surface area contributed by atoms with Crippen LogP contribution in [0.2, 0.25) is 0 Å². The molecule has 0 spiro atoms. The first-order chi connectivity index (χ1) is 6.84. The number of piperazine rings is 1. The highest BCUT2D eigenvalue weighted by Crippen LogP contribution is 1.98. The Kier molecular flexibility index (Phi) is 3.16. The van der Waals surface area contributed by atoms with Gasteiger partial charge in [0.15, 0.2) is 0 Å². The Labute approximate surface area is 84.9 Å². The SMILES string of the molecule is C[C@H]1CN(CCn2ccnc2)CCN1. The molecule has 4 heteroatoms. The highest BCUT2D eigenvalue weighted by Gasteiger charge is 2.14. The fourth-order valence-corrected chi connectivity index (χ4v) is 1.89. The Hall–Kier alpha value is -0.870. The second-order valence-electron chi connectivity index (χ2n) is 3.96. The molecule has 0 aliphatic carbocycles. The standard InChI is InChI=1S/C10H18N4/c1-10-8-13(5-3-12-10)6-7-14-4-2-11-9-14/h2,4,9-10,12H,3,5-8H2,1H3/t10-/m0/s1. The largest absolute Gasteiger partial charge is 0.336 e. The van der Waals surface area contributed by atoms with Crippen LogP contribution in [-0.4, -0.2) is 46.7 Å². The lowest BCUT2D eigenvalue weighted by Gasteiger charge is -2.31. The number of nitrogens with one attached hydrogen (secondary N) is 1. The van der Waals surface area contributed by atoms with Gasteiger partial charge in [-0.2, -0.15) is 0 Å². The highest BCUT2D eigenvalue weighted by atomic mass is 15.2. The topological polar surface area (TPSA) is 33.1 Å². The molecule has 0 saturated carbocycles. The van der Waals surface area contributed by atoms with Crippen molar-refractivity contribution in [2.24, 2.45) is 0 Å². The normalized spacial score (nSPS) is 23.9. The smallest absolute Gasteiger partial charge is 0.0946 e. The monoisotopic (exact) mass is 194 g/mol. The van der Waals surface area contributed by atoms with Crippen molar-refractivity contribution in [3.63, 3.8) is 0 Å². The van der Waals surface area contributed by atoms with Gasteiger partial charge in [-0.3, -0.25) is 4.90 Å². The van der Waals surface area contributed by atoms with Crippen LogP contribution in [0.1, 0.15) is 6.92 Å². The number of rotatable bonds is 3. The predicted octanol–water partition coefficient (Wildman–Crippen LogP) is 0.177. The van der Waals surface area contributed by atoms with Crippen LogP contribution in [-0.2, 0) is 6.54 Å². The summed E-state index contributed by atoms with van der Waals surface area (Å²) >= 11 is 0.